The standard InChI is InChI=1S/C18H20ClN3O2/c1-12(2)21-18(24)13-6-5-7-14(10-13)20-11-17(23)22-16-9-4-3-8-15(16)19/h3-10,12,20H,11H2,1-2H3,(H,21,24)(H,22,23). The van der Waals surface area contributed by atoms with Crippen LogP contribution >= 0.6 is 11.6 Å². The Morgan fingerprint density at radius 2 is 1.83 bits per heavy atom. The molecule has 0 aromatic heterocycles. The molecule has 3 N–H and O–H groups in total. The first-order valence-electron chi connectivity index (χ1n) is 7.65. The second-order valence-corrected chi connectivity index (χ2v) is 6.00. The highest BCUT2D eigenvalue weighted by Gasteiger charge is 2.09. The van der Waals surface area contributed by atoms with E-state index in [1.807, 2.05) is 13.8 Å². The number of benzene rings is 2. The van der Waals surface area contributed by atoms with Crippen LogP contribution in [0.25, 0.3) is 0 Å². The van der Waals surface area contributed by atoms with Crippen LogP contribution in [-0.2, 0) is 4.79 Å². The molecule has 0 bridgehead atoms. The van der Waals surface area contributed by atoms with Crippen molar-refractivity contribution in [3.05, 3.63) is 59.1 Å². The topological polar surface area (TPSA) is 70.2 Å². The van der Waals surface area contributed by atoms with Crippen molar-refractivity contribution in [3.8, 4) is 0 Å². The zero-order valence-corrected chi connectivity index (χ0v) is 14.4. The van der Waals surface area contributed by atoms with Gasteiger partial charge < -0.3 is 16.0 Å². The summed E-state index contributed by atoms with van der Waals surface area (Å²) in [5.74, 6) is -0.366. The lowest BCUT2D eigenvalue weighted by atomic mass is 10.1. The molecule has 0 spiro atoms. The van der Waals surface area contributed by atoms with Gasteiger partial charge in [-0.05, 0) is 44.2 Å². The van der Waals surface area contributed by atoms with Crippen molar-refractivity contribution in [3.63, 3.8) is 0 Å². The van der Waals surface area contributed by atoms with Gasteiger partial charge in [-0.15, -0.1) is 0 Å². The first-order valence-corrected chi connectivity index (χ1v) is 8.02. The van der Waals surface area contributed by atoms with Gasteiger partial charge in [0, 0.05) is 17.3 Å². The van der Waals surface area contributed by atoms with Crippen LogP contribution in [0.1, 0.15) is 24.2 Å². The summed E-state index contributed by atoms with van der Waals surface area (Å²) in [6.07, 6.45) is 0. The predicted molar refractivity (Wildman–Crippen MR) is 97.6 cm³/mol. The fourth-order valence-electron chi connectivity index (χ4n) is 2.06. The van der Waals surface area contributed by atoms with Crippen LogP contribution in [-0.4, -0.2) is 24.4 Å². The lowest BCUT2D eigenvalue weighted by Crippen LogP contribution is -2.30. The van der Waals surface area contributed by atoms with Crippen molar-refractivity contribution in [2.24, 2.45) is 0 Å². The molecule has 0 heterocycles. The van der Waals surface area contributed by atoms with E-state index in [2.05, 4.69) is 16.0 Å². The van der Waals surface area contributed by atoms with Gasteiger partial charge in [0.25, 0.3) is 5.91 Å². The molecule has 0 aliphatic carbocycles. The minimum absolute atomic E-state index is 0.0653. The van der Waals surface area contributed by atoms with Crippen LogP contribution in [0, 0.1) is 0 Å². The van der Waals surface area contributed by atoms with Gasteiger partial charge in [0.05, 0.1) is 17.3 Å². The molecule has 0 atom stereocenters. The van der Waals surface area contributed by atoms with E-state index in [-0.39, 0.29) is 24.4 Å². The van der Waals surface area contributed by atoms with E-state index in [1.165, 1.54) is 0 Å². The molecule has 0 aliphatic heterocycles. The fourth-order valence-corrected chi connectivity index (χ4v) is 2.24. The first kappa shape index (κ1) is 17.8. The second-order valence-electron chi connectivity index (χ2n) is 5.59. The Labute approximate surface area is 146 Å². The molecule has 5 nitrogen and oxygen atoms in total. The fraction of sp³-hybridized carbons (Fsp3) is 0.222. The van der Waals surface area contributed by atoms with Crippen LogP contribution in [0.4, 0.5) is 11.4 Å². The van der Waals surface area contributed by atoms with E-state index < -0.39 is 0 Å². The van der Waals surface area contributed by atoms with E-state index in [4.69, 9.17) is 11.6 Å². The van der Waals surface area contributed by atoms with Crippen molar-refractivity contribution < 1.29 is 9.59 Å². The molecule has 2 aromatic carbocycles. The third kappa shape index (κ3) is 5.28. The van der Waals surface area contributed by atoms with Gasteiger partial charge in [-0.25, -0.2) is 0 Å². The van der Waals surface area contributed by atoms with Gasteiger partial charge in [0.15, 0.2) is 0 Å². The zero-order valence-electron chi connectivity index (χ0n) is 13.6. The summed E-state index contributed by atoms with van der Waals surface area (Å²) in [7, 11) is 0. The number of rotatable bonds is 6. The van der Waals surface area contributed by atoms with Crippen LogP contribution in [0.5, 0.6) is 0 Å². The maximum atomic E-state index is 12.0. The lowest BCUT2D eigenvalue weighted by molar-refractivity contribution is -0.114. The van der Waals surface area contributed by atoms with Gasteiger partial charge in [-0.1, -0.05) is 29.8 Å². The Morgan fingerprint density at radius 3 is 2.54 bits per heavy atom. The summed E-state index contributed by atoms with van der Waals surface area (Å²) in [6, 6.07) is 14.1. The van der Waals surface area contributed by atoms with E-state index >= 15 is 0 Å². The molecule has 24 heavy (non-hydrogen) atoms. The molecule has 0 unspecified atom stereocenters. The number of anilines is 2. The van der Waals surface area contributed by atoms with E-state index in [9.17, 15) is 9.59 Å². The smallest absolute Gasteiger partial charge is 0.251 e. The number of halogens is 1. The zero-order chi connectivity index (χ0) is 17.5. The summed E-state index contributed by atoms with van der Waals surface area (Å²) in [5.41, 5.74) is 1.80. The largest absolute Gasteiger partial charge is 0.376 e. The summed E-state index contributed by atoms with van der Waals surface area (Å²) in [4.78, 5) is 24.0. The van der Waals surface area contributed by atoms with Crippen molar-refractivity contribution in [1.82, 2.24) is 5.32 Å². The van der Waals surface area contributed by atoms with Crippen molar-refractivity contribution in [2.75, 3.05) is 17.2 Å². The molecular weight excluding hydrogens is 326 g/mol. The highest BCUT2D eigenvalue weighted by molar-refractivity contribution is 6.33. The quantitative estimate of drug-likeness (QED) is 0.750. The van der Waals surface area contributed by atoms with Gasteiger partial charge in [0.2, 0.25) is 5.91 Å². The van der Waals surface area contributed by atoms with Crippen LogP contribution in [0.2, 0.25) is 5.02 Å². The van der Waals surface area contributed by atoms with Gasteiger partial charge in [0.1, 0.15) is 0 Å². The number of para-hydroxylation sites is 1. The van der Waals surface area contributed by atoms with E-state index in [0.29, 0.717) is 22.0 Å². The molecule has 2 amide bonds. The second kappa shape index (κ2) is 8.36. The number of carbonyl (C=O) groups is 2. The lowest BCUT2D eigenvalue weighted by Gasteiger charge is -2.11. The monoisotopic (exact) mass is 345 g/mol. The Hall–Kier alpha value is -2.53. The maximum absolute atomic E-state index is 12.0. The number of hydrogen-bond donors (Lipinski definition) is 3. The minimum atomic E-state index is -0.222. The highest BCUT2D eigenvalue weighted by atomic mass is 35.5. The molecule has 0 radical (unpaired) electrons. The van der Waals surface area contributed by atoms with Crippen LogP contribution in [0.15, 0.2) is 48.5 Å². The summed E-state index contributed by atoms with van der Waals surface area (Å²) < 4.78 is 0. The minimum Gasteiger partial charge on any atom is -0.376 e. The Balaban J connectivity index is 1.93. The SMILES string of the molecule is CC(C)NC(=O)c1cccc(NCC(=O)Nc2ccccc2Cl)c1. The van der Waals surface area contributed by atoms with E-state index in [0.717, 1.165) is 0 Å². The third-order valence-electron chi connectivity index (χ3n) is 3.15. The molecule has 126 valence electrons. The highest BCUT2D eigenvalue weighted by Crippen LogP contribution is 2.20. The number of amides is 2. The Morgan fingerprint density at radius 1 is 1.08 bits per heavy atom. The number of nitrogens with one attached hydrogen (secondary N) is 3. The molecular formula is C18H20ClN3O2. The normalized spacial score (nSPS) is 10.3. The predicted octanol–water partition coefficient (Wildman–Crippen LogP) is 3.53. The van der Waals surface area contributed by atoms with Crippen molar-refractivity contribution >= 4 is 34.8 Å². The molecule has 6 heteroatoms. The average Bonchev–Trinajstić information content (AvgIpc) is 2.55. The molecule has 0 fully saturated rings. The van der Waals surface area contributed by atoms with Gasteiger partial charge in [-0.2, -0.15) is 0 Å². The Kier molecular flexibility index (Phi) is 6.21. The van der Waals surface area contributed by atoms with Crippen LogP contribution in [0.3, 0.4) is 0 Å². The third-order valence-corrected chi connectivity index (χ3v) is 3.48. The summed E-state index contributed by atoms with van der Waals surface area (Å²) >= 11 is 6.00. The number of carbonyl (C=O) groups excluding carboxylic acids is 2. The van der Waals surface area contributed by atoms with Crippen LogP contribution < -0.4 is 16.0 Å². The maximum Gasteiger partial charge on any atom is 0.251 e. The molecule has 0 saturated carbocycles. The van der Waals surface area contributed by atoms with Gasteiger partial charge in [-0.3, -0.25) is 9.59 Å². The van der Waals surface area contributed by atoms with E-state index in [1.54, 1.807) is 48.5 Å². The molecule has 0 aliphatic rings. The van der Waals surface area contributed by atoms with Gasteiger partial charge >= 0.3 is 0 Å². The summed E-state index contributed by atoms with van der Waals surface area (Å²) in [5, 5.41) is 9.04. The van der Waals surface area contributed by atoms with Crippen molar-refractivity contribution in [1.29, 1.82) is 0 Å². The number of hydrogen-bond acceptors (Lipinski definition) is 3. The Bertz CT molecular complexity index is 732. The molecule has 0 saturated heterocycles. The summed E-state index contributed by atoms with van der Waals surface area (Å²) in [6.45, 7) is 3.87. The first-order chi connectivity index (χ1) is 11.5. The van der Waals surface area contributed by atoms with Crippen molar-refractivity contribution in [2.45, 2.75) is 19.9 Å². The molecule has 2 rings (SSSR count). The average molecular weight is 346 g/mol. The molecule has 2 aromatic rings.